The number of rotatable bonds is 0. The third kappa shape index (κ3) is 0.911. The van der Waals surface area contributed by atoms with Gasteiger partial charge in [-0.1, -0.05) is 27.4 Å². The van der Waals surface area contributed by atoms with Gasteiger partial charge in [0, 0.05) is 0 Å². The Morgan fingerprint density at radius 3 is 3.09 bits per heavy atom. The fourth-order valence-corrected chi connectivity index (χ4v) is 1.15. The second-order valence-corrected chi connectivity index (χ2v) is 2.48. The van der Waals surface area contributed by atoms with Crippen molar-refractivity contribution in [2.24, 2.45) is 0 Å². The van der Waals surface area contributed by atoms with Crippen LogP contribution in [0.15, 0.2) is 18.2 Å². The smallest absolute Gasteiger partial charge is 0.146 e. The van der Waals surface area contributed by atoms with Crippen molar-refractivity contribution in [1.82, 2.24) is 0 Å². The van der Waals surface area contributed by atoms with E-state index in [-0.39, 0.29) is 11.0 Å². The van der Waals surface area contributed by atoms with E-state index in [1.807, 2.05) is 0 Å². The van der Waals surface area contributed by atoms with Crippen LogP contribution in [-0.4, -0.2) is 0 Å². The zero-order valence-corrected chi connectivity index (χ0v) is 6.10. The molecule has 0 amide bonds. The van der Waals surface area contributed by atoms with E-state index in [0.717, 1.165) is 0 Å². The van der Waals surface area contributed by atoms with Crippen molar-refractivity contribution in [3.05, 3.63) is 23.2 Å². The molecule has 1 aromatic rings. The van der Waals surface area contributed by atoms with Crippen LogP contribution in [0.1, 0.15) is 0 Å². The molecule has 5 heteroatoms. The molecule has 0 aliphatic carbocycles. The van der Waals surface area contributed by atoms with Crippen LogP contribution >= 0.6 is 11.6 Å². The second-order valence-electron chi connectivity index (χ2n) is 2.07. The van der Waals surface area contributed by atoms with Crippen molar-refractivity contribution in [3.63, 3.8) is 0 Å². The van der Waals surface area contributed by atoms with Gasteiger partial charge < -0.3 is 0 Å². The molecule has 0 radical (unpaired) electrons. The van der Waals surface area contributed by atoms with Crippen molar-refractivity contribution in [3.8, 4) is 0 Å². The summed E-state index contributed by atoms with van der Waals surface area (Å²) in [5.74, 6) is 0. The first-order valence-electron chi connectivity index (χ1n) is 2.96. The number of benzene rings is 1. The molecule has 3 nitrogen and oxygen atoms in total. The number of nitrogens with one attached hydrogen (secondary N) is 1. The molecule has 0 aromatic heterocycles. The van der Waals surface area contributed by atoms with Crippen LogP contribution in [0.25, 0.3) is 0 Å². The molecule has 0 spiro atoms. The molecule has 0 saturated carbocycles. The molecule has 0 atom stereocenters. The topological polar surface area (TPSA) is 24.5 Å². The summed E-state index contributed by atoms with van der Waals surface area (Å²) in [5.41, 5.74) is 3.10. The number of nitrogens with zero attached hydrogens (tertiary/aromatic N) is 1. The second kappa shape index (κ2) is 2.25. The SMILES string of the molecule is FN1ONc2cccc(Cl)c21. The molecule has 0 unspecified atom stereocenters. The van der Waals surface area contributed by atoms with Crippen molar-refractivity contribution >= 4 is 23.0 Å². The van der Waals surface area contributed by atoms with E-state index in [1.54, 1.807) is 18.2 Å². The number of fused-ring (bicyclic) bond motifs is 1. The predicted molar refractivity (Wildman–Crippen MR) is 39.7 cm³/mol. The average Bonchev–Trinajstić information content (AvgIpc) is 2.34. The summed E-state index contributed by atoms with van der Waals surface area (Å²) < 4.78 is 12.6. The molecule has 2 rings (SSSR count). The van der Waals surface area contributed by atoms with Gasteiger partial charge in [-0.25, -0.2) is 5.48 Å². The van der Waals surface area contributed by atoms with Crippen LogP contribution in [0.4, 0.5) is 15.9 Å². The van der Waals surface area contributed by atoms with Gasteiger partial charge in [0.2, 0.25) is 0 Å². The lowest BCUT2D eigenvalue weighted by atomic mass is 10.3. The van der Waals surface area contributed by atoms with Crippen LogP contribution in [-0.2, 0) is 4.94 Å². The molecule has 58 valence electrons. The van der Waals surface area contributed by atoms with Gasteiger partial charge in [0.1, 0.15) is 5.69 Å². The van der Waals surface area contributed by atoms with E-state index in [1.165, 1.54) is 0 Å². The molecule has 1 aliphatic rings. The van der Waals surface area contributed by atoms with Gasteiger partial charge in [-0.2, -0.15) is 0 Å². The molecule has 1 heterocycles. The summed E-state index contributed by atoms with van der Waals surface area (Å²) in [6.07, 6.45) is 0. The fraction of sp³-hybridized carbons (Fsp3) is 0. The molecule has 1 aliphatic heterocycles. The number of anilines is 2. The summed E-state index contributed by atoms with van der Waals surface area (Å²) in [5, 5.41) is 0.410. The van der Waals surface area contributed by atoms with E-state index in [9.17, 15) is 4.48 Å². The Morgan fingerprint density at radius 1 is 1.55 bits per heavy atom. The highest BCUT2D eigenvalue weighted by Gasteiger charge is 2.22. The minimum atomic E-state index is 0.0949. The van der Waals surface area contributed by atoms with Gasteiger partial charge in [0.25, 0.3) is 0 Å². The third-order valence-electron chi connectivity index (χ3n) is 1.40. The first-order chi connectivity index (χ1) is 5.29. The summed E-state index contributed by atoms with van der Waals surface area (Å²) >= 11 is 5.66. The molecule has 1 N–H and O–H groups in total. The molecular weight excluding hydrogens is 171 g/mol. The van der Waals surface area contributed by atoms with Crippen molar-refractivity contribution in [1.29, 1.82) is 0 Å². The highest BCUT2D eigenvalue weighted by atomic mass is 35.5. The standard InChI is InChI=1S/C6H4ClFN2O/c7-4-2-1-3-5-6(4)10(8)11-9-5/h1-3,9H. The van der Waals surface area contributed by atoms with Crippen LogP contribution in [0.2, 0.25) is 5.02 Å². The Kier molecular flexibility index (Phi) is 1.37. The Bertz CT molecular complexity index is 294. The minimum absolute atomic E-state index is 0.0949. The van der Waals surface area contributed by atoms with Gasteiger partial charge in [0.05, 0.1) is 10.7 Å². The molecule has 0 fully saturated rings. The lowest BCUT2D eigenvalue weighted by molar-refractivity contribution is 0.0730. The first-order valence-corrected chi connectivity index (χ1v) is 3.34. The number of para-hydroxylation sites is 1. The van der Waals surface area contributed by atoms with E-state index in [2.05, 4.69) is 10.4 Å². The molecule has 0 saturated heterocycles. The van der Waals surface area contributed by atoms with E-state index >= 15 is 0 Å². The van der Waals surface area contributed by atoms with Crippen molar-refractivity contribution in [2.45, 2.75) is 0 Å². The van der Waals surface area contributed by atoms with Gasteiger partial charge in [0.15, 0.2) is 0 Å². The number of hydrogen-bond acceptors (Lipinski definition) is 3. The minimum Gasteiger partial charge on any atom is -0.237 e. The summed E-state index contributed by atoms with van der Waals surface area (Å²) in [6, 6.07) is 4.96. The Labute approximate surface area is 67.2 Å². The monoisotopic (exact) mass is 174 g/mol. The maximum absolute atomic E-state index is 12.6. The maximum Gasteiger partial charge on any atom is 0.146 e. The zero-order valence-electron chi connectivity index (χ0n) is 5.34. The summed E-state index contributed by atoms with van der Waals surface area (Å²) in [7, 11) is 0. The van der Waals surface area contributed by atoms with E-state index < -0.39 is 0 Å². The number of halogens is 2. The molecular formula is C6H4ClFN2O. The lowest BCUT2D eigenvalue weighted by Gasteiger charge is -2.01. The lowest BCUT2D eigenvalue weighted by Crippen LogP contribution is -2.07. The largest absolute Gasteiger partial charge is 0.237 e. The quantitative estimate of drug-likeness (QED) is 0.611. The van der Waals surface area contributed by atoms with Crippen LogP contribution < -0.4 is 10.8 Å². The van der Waals surface area contributed by atoms with Gasteiger partial charge in [-0.15, -0.1) is 4.94 Å². The highest BCUT2D eigenvalue weighted by Crippen LogP contribution is 2.38. The van der Waals surface area contributed by atoms with Crippen LogP contribution in [0.3, 0.4) is 0 Å². The Morgan fingerprint density at radius 2 is 2.36 bits per heavy atom. The van der Waals surface area contributed by atoms with Gasteiger partial charge in [-0.05, 0) is 12.1 Å². The van der Waals surface area contributed by atoms with Crippen LogP contribution in [0.5, 0.6) is 0 Å². The first kappa shape index (κ1) is 6.69. The maximum atomic E-state index is 12.6. The van der Waals surface area contributed by atoms with E-state index in [4.69, 9.17) is 11.6 Å². The van der Waals surface area contributed by atoms with E-state index in [0.29, 0.717) is 10.7 Å². The average molecular weight is 175 g/mol. The van der Waals surface area contributed by atoms with Crippen molar-refractivity contribution < 1.29 is 9.42 Å². The molecule has 11 heavy (non-hydrogen) atoms. The third-order valence-corrected chi connectivity index (χ3v) is 1.70. The van der Waals surface area contributed by atoms with Crippen LogP contribution in [0, 0.1) is 0 Å². The summed E-state index contributed by atoms with van der Waals surface area (Å²) in [4.78, 5) is 4.34. The van der Waals surface area contributed by atoms with Gasteiger partial charge >= 0.3 is 0 Å². The zero-order chi connectivity index (χ0) is 7.84. The highest BCUT2D eigenvalue weighted by molar-refractivity contribution is 6.34. The Hall–Kier alpha value is -1.00. The fourth-order valence-electron chi connectivity index (χ4n) is 0.911. The van der Waals surface area contributed by atoms with Crippen molar-refractivity contribution in [2.75, 3.05) is 10.8 Å². The normalized spacial score (nSPS) is 14.5. The number of hydrogen-bond donors (Lipinski definition) is 1. The molecule has 0 bridgehead atoms. The summed E-state index contributed by atoms with van der Waals surface area (Å²) in [6.45, 7) is 0. The molecule has 1 aromatic carbocycles. The predicted octanol–water partition coefficient (Wildman–Crippen LogP) is 2.30. The Balaban J connectivity index is 2.58. The van der Waals surface area contributed by atoms with Gasteiger partial charge in [-0.3, -0.25) is 0 Å².